The van der Waals surface area contributed by atoms with Gasteiger partial charge in [0.1, 0.15) is 0 Å². The van der Waals surface area contributed by atoms with Crippen molar-refractivity contribution in [2.75, 3.05) is 5.32 Å². The molecule has 0 bridgehead atoms. The molecule has 1 atom stereocenters. The third-order valence-corrected chi connectivity index (χ3v) is 3.91. The number of benzene rings is 1. The average molecular weight is 324 g/mol. The van der Waals surface area contributed by atoms with E-state index in [1.54, 1.807) is 18.2 Å². The smallest absolute Gasteiger partial charge is 0.293 e. The molecular weight excluding hydrogens is 307 g/mol. The van der Waals surface area contributed by atoms with E-state index in [1.807, 2.05) is 36.0 Å². The van der Waals surface area contributed by atoms with Crippen LogP contribution in [0.1, 0.15) is 25.5 Å². The summed E-state index contributed by atoms with van der Waals surface area (Å²) in [6.45, 7) is 3.93. The molecule has 110 valence electrons. The normalized spacial score (nSPS) is 12.0. The summed E-state index contributed by atoms with van der Waals surface area (Å²) in [7, 11) is 0. The van der Waals surface area contributed by atoms with Crippen LogP contribution in [0.15, 0.2) is 42.7 Å². The standard InChI is InChI=1S/C16H16Cl2N2O/c1-3-12-6-8-20(9-7-12)11(2)16(21)19-15-10-13(17)4-5-14(15)18/h4-11H,3H2,1-2H3/p+1/t11-/m1/s1. The minimum Gasteiger partial charge on any atom is -0.319 e. The minimum atomic E-state index is -0.342. The Kier molecular flexibility index (Phi) is 5.21. The van der Waals surface area contributed by atoms with Gasteiger partial charge in [0.15, 0.2) is 12.4 Å². The van der Waals surface area contributed by atoms with Gasteiger partial charge in [-0.15, -0.1) is 0 Å². The zero-order valence-corrected chi connectivity index (χ0v) is 13.4. The molecule has 3 nitrogen and oxygen atoms in total. The second kappa shape index (κ2) is 6.92. The highest BCUT2D eigenvalue weighted by Crippen LogP contribution is 2.25. The molecule has 0 fully saturated rings. The Morgan fingerprint density at radius 1 is 1.24 bits per heavy atom. The van der Waals surface area contributed by atoms with Crippen LogP contribution in [0.2, 0.25) is 10.0 Å². The topological polar surface area (TPSA) is 33.0 Å². The van der Waals surface area contributed by atoms with Crippen molar-refractivity contribution in [2.45, 2.75) is 26.3 Å². The molecule has 1 N–H and O–H groups in total. The van der Waals surface area contributed by atoms with Gasteiger partial charge in [-0.05, 0) is 30.2 Å². The Balaban J connectivity index is 2.13. The molecule has 0 unspecified atom stereocenters. The van der Waals surface area contributed by atoms with Crippen molar-refractivity contribution in [2.24, 2.45) is 0 Å². The van der Waals surface area contributed by atoms with E-state index in [2.05, 4.69) is 12.2 Å². The van der Waals surface area contributed by atoms with Gasteiger partial charge in [0.25, 0.3) is 5.91 Å². The maximum Gasteiger partial charge on any atom is 0.293 e. The van der Waals surface area contributed by atoms with E-state index in [1.165, 1.54) is 5.56 Å². The summed E-state index contributed by atoms with van der Waals surface area (Å²) < 4.78 is 1.85. The number of carbonyl (C=O) groups excluding carboxylic acids is 1. The molecule has 0 aliphatic rings. The quantitative estimate of drug-likeness (QED) is 0.846. The van der Waals surface area contributed by atoms with E-state index in [-0.39, 0.29) is 11.9 Å². The predicted octanol–water partition coefficient (Wildman–Crippen LogP) is 4.04. The second-order valence-electron chi connectivity index (χ2n) is 4.80. The lowest BCUT2D eigenvalue weighted by atomic mass is 10.2. The first kappa shape index (κ1) is 15.8. The van der Waals surface area contributed by atoms with E-state index >= 15 is 0 Å². The maximum atomic E-state index is 12.3. The number of hydrogen-bond acceptors (Lipinski definition) is 1. The summed E-state index contributed by atoms with van der Waals surface area (Å²) in [5, 5.41) is 3.80. The molecule has 21 heavy (non-hydrogen) atoms. The zero-order valence-electron chi connectivity index (χ0n) is 11.9. The zero-order chi connectivity index (χ0) is 15.4. The van der Waals surface area contributed by atoms with E-state index < -0.39 is 0 Å². The monoisotopic (exact) mass is 323 g/mol. The van der Waals surface area contributed by atoms with E-state index in [0.717, 1.165) is 6.42 Å². The van der Waals surface area contributed by atoms with Crippen LogP contribution in [0.25, 0.3) is 0 Å². The summed E-state index contributed by atoms with van der Waals surface area (Å²) in [6, 6.07) is 8.66. The molecular formula is C16H17Cl2N2O+. The fourth-order valence-corrected chi connectivity index (χ4v) is 2.27. The van der Waals surface area contributed by atoms with Crippen LogP contribution in [0.4, 0.5) is 5.69 Å². The predicted molar refractivity (Wildman–Crippen MR) is 85.8 cm³/mol. The number of aryl methyl sites for hydroxylation is 1. The first-order chi connectivity index (χ1) is 10.0. The number of carbonyl (C=O) groups is 1. The largest absolute Gasteiger partial charge is 0.319 e. The van der Waals surface area contributed by atoms with E-state index in [0.29, 0.717) is 15.7 Å². The van der Waals surface area contributed by atoms with Gasteiger partial charge in [-0.2, -0.15) is 4.57 Å². The number of halogens is 2. The fraction of sp³-hybridized carbons (Fsp3) is 0.250. The lowest BCUT2D eigenvalue weighted by Gasteiger charge is -2.10. The minimum absolute atomic E-state index is 0.145. The van der Waals surface area contributed by atoms with Crippen LogP contribution in [0.5, 0.6) is 0 Å². The second-order valence-corrected chi connectivity index (χ2v) is 5.64. The lowest BCUT2D eigenvalue weighted by molar-refractivity contribution is -0.705. The van der Waals surface area contributed by atoms with Gasteiger partial charge in [0, 0.05) is 24.1 Å². The molecule has 0 saturated carbocycles. The highest BCUT2D eigenvalue weighted by atomic mass is 35.5. The molecule has 2 aromatic rings. The van der Waals surface area contributed by atoms with Crippen LogP contribution in [-0.4, -0.2) is 5.91 Å². The third-order valence-electron chi connectivity index (χ3n) is 3.34. The van der Waals surface area contributed by atoms with Gasteiger partial charge < -0.3 is 5.32 Å². The van der Waals surface area contributed by atoms with Gasteiger partial charge in [-0.3, -0.25) is 4.79 Å². The summed E-state index contributed by atoms with van der Waals surface area (Å²) in [6.07, 6.45) is 4.78. The number of rotatable bonds is 4. The summed E-state index contributed by atoms with van der Waals surface area (Å²) in [5.74, 6) is -0.145. The highest BCUT2D eigenvalue weighted by Gasteiger charge is 2.22. The molecule has 5 heteroatoms. The average Bonchev–Trinajstić information content (AvgIpc) is 2.50. The number of pyridine rings is 1. The lowest BCUT2D eigenvalue weighted by Crippen LogP contribution is -2.44. The van der Waals surface area contributed by atoms with Crippen molar-refractivity contribution < 1.29 is 9.36 Å². The highest BCUT2D eigenvalue weighted by molar-refractivity contribution is 6.35. The van der Waals surface area contributed by atoms with Crippen molar-refractivity contribution >= 4 is 34.8 Å². The van der Waals surface area contributed by atoms with Crippen LogP contribution in [0.3, 0.4) is 0 Å². The Bertz CT molecular complexity index is 641. The van der Waals surface area contributed by atoms with Gasteiger partial charge in [-0.25, -0.2) is 0 Å². The number of amides is 1. The first-order valence-corrected chi connectivity index (χ1v) is 7.52. The molecule has 1 heterocycles. The van der Waals surface area contributed by atoms with Crippen molar-refractivity contribution in [1.29, 1.82) is 0 Å². The van der Waals surface area contributed by atoms with Gasteiger partial charge in [0.05, 0.1) is 10.7 Å². The van der Waals surface area contributed by atoms with Crippen LogP contribution in [0, 0.1) is 0 Å². The van der Waals surface area contributed by atoms with Gasteiger partial charge in [-0.1, -0.05) is 30.1 Å². The number of aromatic nitrogens is 1. The SMILES string of the molecule is CCc1cc[n+]([C@H](C)C(=O)Nc2cc(Cl)ccc2Cl)cc1. The molecule has 0 saturated heterocycles. The van der Waals surface area contributed by atoms with Crippen LogP contribution < -0.4 is 9.88 Å². The van der Waals surface area contributed by atoms with Gasteiger partial charge >= 0.3 is 0 Å². The number of hydrogen-bond donors (Lipinski definition) is 1. The van der Waals surface area contributed by atoms with Crippen molar-refractivity contribution in [1.82, 2.24) is 0 Å². The maximum absolute atomic E-state index is 12.3. The summed E-state index contributed by atoms with van der Waals surface area (Å²) in [5.41, 5.74) is 1.75. The Morgan fingerprint density at radius 2 is 1.90 bits per heavy atom. The molecule has 2 rings (SSSR count). The molecule has 0 spiro atoms. The molecule has 0 aliphatic carbocycles. The first-order valence-electron chi connectivity index (χ1n) is 6.77. The molecule has 0 aliphatic heterocycles. The molecule has 0 radical (unpaired) electrons. The molecule has 1 amide bonds. The molecule has 1 aromatic carbocycles. The third kappa shape index (κ3) is 3.96. The Labute approximate surface area is 134 Å². The Hall–Kier alpha value is -1.58. The van der Waals surface area contributed by atoms with Gasteiger partial charge in [0.2, 0.25) is 6.04 Å². The van der Waals surface area contributed by atoms with Crippen molar-refractivity contribution in [3.63, 3.8) is 0 Å². The summed E-state index contributed by atoms with van der Waals surface area (Å²) >= 11 is 12.0. The van der Waals surface area contributed by atoms with E-state index in [4.69, 9.17) is 23.2 Å². The van der Waals surface area contributed by atoms with E-state index in [9.17, 15) is 4.79 Å². The fourth-order valence-electron chi connectivity index (χ4n) is 1.93. The molecule has 1 aromatic heterocycles. The number of nitrogens with one attached hydrogen (secondary N) is 1. The van der Waals surface area contributed by atoms with Crippen LogP contribution >= 0.6 is 23.2 Å². The number of anilines is 1. The number of nitrogens with zero attached hydrogens (tertiary/aromatic N) is 1. The van der Waals surface area contributed by atoms with Crippen molar-refractivity contribution in [3.8, 4) is 0 Å². The van der Waals surface area contributed by atoms with Crippen LogP contribution in [-0.2, 0) is 11.2 Å². The Morgan fingerprint density at radius 3 is 2.52 bits per heavy atom. The van der Waals surface area contributed by atoms with Crippen molar-refractivity contribution in [3.05, 3.63) is 58.3 Å². The summed E-state index contributed by atoms with van der Waals surface area (Å²) in [4.78, 5) is 12.3.